The van der Waals surface area contributed by atoms with Gasteiger partial charge in [-0.05, 0) is 45.4 Å². The lowest BCUT2D eigenvalue weighted by Gasteiger charge is -2.28. The van der Waals surface area contributed by atoms with Gasteiger partial charge in [0, 0.05) is 17.6 Å². The van der Waals surface area contributed by atoms with E-state index in [1.54, 1.807) is 24.3 Å². The van der Waals surface area contributed by atoms with Gasteiger partial charge in [-0.3, -0.25) is 9.59 Å². The highest BCUT2D eigenvalue weighted by molar-refractivity contribution is 5.94. The van der Waals surface area contributed by atoms with E-state index >= 15 is 0 Å². The van der Waals surface area contributed by atoms with Crippen LogP contribution in [0, 0.1) is 0 Å². The molecule has 0 aliphatic carbocycles. The molecule has 1 aliphatic rings. The van der Waals surface area contributed by atoms with Gasteiger partial charge >= 0.3 is 0 Å². The third-order valence-corrected chi connectivity index (χ3v) is 3.60. The molecular weight excluding hydrogens is 304 g/mol. The summed E-state index contributed by atoms with van der Waals surface area (Å²) < 4.78 is 5.45. The smallest absolute Gasteiger partial charge is 0.258 e. The van der Waals surface area contributed by atoms with Crippen LogP contribution in [0.1, 0.15) is 37.0 Å². The monoisotopic (exact) mass is 326 g/mol. The fourth-order valence-electron chi connectivity index (χ4n) is 2.49. The van der Waals surface area contributed by atoms with Crippen LogP contribution in [-0.4, -0.2) is 36.9 Å². The maximum absolute atomic E-state index is 11.9. The minimum absolute atomic E-state index is 0. The lowest BCUT2D eigenvalue weighted by atomic mass is 10.0. The highest BCUT2D eigenvalue weighted by Crippen LogP contribution is 2.14. The van der Waals surface area contributed by atoms with E-state index in [-0.39, 0.29) is 36.7 Å². The lowest BCUT2D eigenvalue weighted by molar-refractivity contribution is -0.124. The molecule has 1 heterocycles. The van der Waals surface area contributed by atoms with E-state index in [9.17, 15) is 9.59 Å². The molecule has 0 spiro atoms. The number of carbonyl (C=O) groups excluding carboxylic acids is 2. The molecule has 122 valence electrons. The molecule has 2 atom stereocenters. The number of ether oxygens (including phenoxy) is 1. The molecule has 2 rings (SSSR count). The first-order valence-electron chi connectivity index (χ1n) is 7.31. The fourth-order valence-corrected chi connectivity index (χ4v) is 2.49. The van der Waals surface area contributed by atoms with Gasteiger partial charge in [0.2, 0.25) is 0 Å². The Morgan fingerprint density at radius 2 is 2.18 bits per heavy atom. The number of ketones is 1. The molecule has 1 saturated heterocycles. The van der Waals surface area contributed by atoms with Gasteiger partial charge in [0.25, 0.3) is 5.91 Å². The molecule has 1 amide bonds. The quantitative estimate of drug-likeness (QED) is 0.812. The van der Waals surface area contributed by atoms with Gasteiger partial charge in [-0.15, -0.1) is 12.4 Å². The first-order chi connectivity index (χ1) is 10.0. The van der Waals surface area contributed by atoms with E-state index in [0.29, 0.717) is 17.4 Å². The summed E-state index contributed by atoms with van der Waals surface area (Å²) in [6.07, 6.45) is 1.88. The van der Waals surface area contributed by atoms with Crippen LogP contribution in [0.3, 0.4) is 0 Å². The summed E-state index contributed by atoms with van der Waals surface area (Å²) in [5.74, 6) is 0.396. The second-order valence-corrected chi connectivity index (χ2v) is 5.52. The molecule has 22 heavy (non-hydrogen) atoms. The Balaban J connectivity index is 0.00000242. The van der Waals surface area contributed by atoms with Crippen LogP contribution in [0.4, 0.5) is 0 Å². The second-order valence-electron chi connectivity index (χ2n) is 5.52. The largest absolute Gasteiger partial charge is 0.484 e. The second kappa shape index (κ2) is 8.76. The summed E-state index contributed by atoms with van der Waals surface area (Å²) in [7, 11) is 0. The van der Waals surface area contributed by atoms with Crippen molar-refractivity contribution in [3.05, 3.63) is 29.8 Å². The molecule has 1 aliphatic heterocycles. The molecule has 5 nitrogen and oxygen atoms in total. The normalized spacial score (nSPS) is 20.6. The Morgan fingerprint density at radius 1 is 1.41 bits per heavy atom. The predicted molar refractivity (Wildman–Crippen MR) is 87.8 cm³/mol. The van der Waals surface area contributed by atoms with E-state index in [1.807, 2.05) is 0 Å². The van der Waals surface area contributed by atoms with Crippen molar-refractivity contribution in [3.8, 4) is 5.75 Å². The van der Waals surface area contributed by atoms with Crippen molar-refractivity contribution in [3.63, 3.8) is 0 Å². The summed E-state index contributed by atoms with van der Waals surface area (Å²) in [6, 6.07) is 7.51. The average Bonchev–Trinajstić information content (AvgIpc) is 2.45. The molecular formula is C16H23ClN2O3. The van der Waals surface area contributed by atoms with Gasteiger partial charge in [0.1, 0.15) is 5.75 Å². The molecule has 1 fully saturated rings. The number of benzene rings is 1. The molecule has 1 aromatic carbocycles. The summed E-state index contributed by atoms with van der Waals surface area (Å²) in [5.41, 5.74) is 0.583. The van der Waals surface area contributed by atoms with Crippen LogP contribution < -0.4 is 15.4 Å². The maximum atomic E-state index is 11.9. The molecule has 0 radical (unpaired) electrons. The van der Waals surface area contributed by atoms with Crippen LogP contribution in [0.25, 0.3) is 0 Å². The molecule has 1 aromatic rings. The van der Waals surface area contributed by atoms with Gasteiger partial charge in [-0.1, -0.05) is 12.1 Å². The van der Waals surface area contributed by atoms with Crippen molar-refractivity contribution in [1.29, 1.82) is 0 Å². The Morgan fingerprint density at radius 3 is 2.86 bits per heavy atom. The van der Waals surface area contributed by atoms with E-state index in [2.05, 4.69) is 17.6 Å². The number of Topliss-reactive ketones (excluding diaryl/α,β-unsaturated/α-hetero) is 1. The molecule has 2 N–H and O–H groups in total. The standard InChI is InChI=1S/C16H22N2O3.ClH/c1-11-8-14(6-7-17-11)18-16(20)10-21-15-5-3-4-13(9-15)12(2)19;/h3-5,9,11,14,17H,6-8,10H2,1-2H3,(H,18,20);1H. The number of rotatable bonds is 5. The van der Waals surface area contributed by atoms with E-state index in [1.165, 1.54) is 6.92 Å². The minimum Gasteiger partial charge on any atom is -0.484 e. The summed E-state index contributed by atoms with van der Waals surface area (Å²) in [4.78, 5) is 23.2. The van der Waals surface area contributed by atoms with Crippen LogP contribution in [0.2, 0.25) is 0 Å². The molecule has 0 saturated carbocycles. The predicted octanol–water partition coefficient (Wildman–Crippen LogP) is 1.95. The SMILES string of the molecule is CC(=O)c1cccc(OCC(=O)NC2CCNC(C)C2)c1.Cl. The van der Waals surface area contributed by atoms with Crippen LogP contribution in [-0.2, 0) is 4.79 Å². The summed E-state index contributed by atoms with van der Waals surface area (Å²) in [5, 5.41) is 6.33. The van der Waals surface area contributed by atoms with Crippen molar-refractivity contribution < 1.29 is 14.3 Å². The zero-order valence-electron chi connectivity index (χ0n) is 12.9. The van der Waals surface area contributed by atoms with Crippen molar-refractivity contribution in [2.75, 3.05) is 13.2 Å². The zero-order chi connectivity index (χ0) is 15.2. The fraction of sp³-hybridized carbons (Fsp3) is 0.500. The maximum Gasteiger partial charge on any atom is 0.258 e. The van der Waals surface area contributed by atoms with Gasteiger partial charge in [0.05, 0.1) is 0 Å². The van der Waals surface area contributed by atoms with Gasteiger partial charge < -0.3 is 15.4 Å². The number of piperidine rings is 1. The van der Waals surface area contributed by atoms with Gasteiger partial charge in [-0.2, -0.15) is 0 Å². The third-order valence-electron chi connectivity index (χ3n) is 3.60. The van der Waals surface area contributed by atoms with Crippen molar-refractivity contribution in [2.24, 2.45) is 0 Å². The number of amides is 1. The van der Waals surface area contributed by atoms with E-state index < -0.39 is 0 Å². The van der Waals surface area contributed by atoms with E-state index in [0.717, 1.165) is 19.4 Å². The Labute approximate surface area is 137 Å². The average molecular weight is 327 g/mol. The summed E-state index contributed by atoms with van der Waals surface area (Å²) in [6.45, 7) is 4.51. The highest BCUT2D eigenvalue weighted by atomic mass is 35.5. The topological polar surface area (TPSA) is 67.4 Å². The van der Waals surface area contributed by atoms with Crippen molar-refractivity contribution in [2.45, 2.75) is 38.8 Å². The third kappa shape index (κ3) is 5.66. The number of hydrogen-bond acceptors (Lipinski definition) is 4. The summed E-state index contributed by atoms with van der Waals surface area (Å²) >= 11 is 0. The van der Waals surface area contributed by atoms with Crippen molar-refractivity contribution >= 4 is 24.1 Å². The lowest BCUT2D eigenvalue weighted by Crippen LogP contribution is -2.47. The Kier molecular flexibility index (Phi) is 7.35. The first-order valence-corrected chi connectivity index (χ1v) is 7.31. The van der Waals surface area contributed by atoms with Crippen LogP contribution >= 0.6 is 12.4 Å². The van der Waals surface area contributed by atoms with Gasteiger partial charge in [-0.25, -0.2) is 0 Å². The zero-order valence-corrected chi connectivity index (χ0v) is 13.7. The molecule has 6 heteroatoms. The van der Waals surface area contributed by atoms with Crippen LogP contribution in [0.5, 0.6) is 5.75 Å². The first kappa shape index (κ1) is 18.5. The Bertz CT molecular complexity index is 522. The number of halogens is 1. The van der Waals surface area contributed by atoms with Crippen molar-refractivity contribution in [1.82, 2.24) is 10.6 Å². The minimum atomic E-state index is -0.123. The molecule has 0 bridgehead atoms. The number of carbonyl (C=O) groups is 2. The molecule has 0 aromatic heterocycles. The Hall–Kier alpha value is -1.59. The van der Waals surface area contributed by atoms with Gasteiger partial charge in [0.15, 0.2) is 12.4 Å². The number of hydrogen-bond donors (Lipinski definition) is 2. The molecule has 2 unspecified atom stereocenters. The van der Waals surface area contributed by atoms with Crippen LogP contribution in [0.15, 0.2) is 24.3 Å². The van der Waals surface area contributed by atoms with E-state index in [4.69, 9.17) is 4.74 Å². The number of nitrogens with one attached hydrogen (secondary N) is 2. The highest BCUT2D eigenvalue weighted by Gasteiger charge is 2.19.